The Morgan fingerprint density at radius 2 is 2.33 bits per heavy atom. The fourth-order valence-corrected chi connectivity index (χ4v) is 3.00. The van der Waals surface area contributed by atoms with Crippen LogP contribution in [0.4, 0.5) is 0 Å². The largest absolute Gasteiger partial charge is 0.355 e. The van der Waals surface area contributed by atoms with Crippen molar-refractivity contribution in [2.24, 2.45) is 23.7 Å². The van der Waals surface area contributed by atoms with Gasteiger partial charge in [-0.3, -0.25) is 4.79 Å². The van der Waals surface area contributed by atoms with Crippen LogP contribution in [0.2, 0.25) is 0 Å². The average Bonchev–Trinajstić information content (AvgIpc) is 2.86. The first-order chi connectivity index (χ1) is 7.20. The topological polar surface area (TPSA) is 52.9 Å². The highest BCUT2D eigenvalue weighted by molar-refractivity contribution is 5.79. The smallest absolute Gasteiger partial charge is 0.223 e. The maximum absolute atomic E-state index is 11.8. The molecule has 0 radical (unpaired) electrons. The van der Waals surface area contributed by atoms with E-state index in [0.717, 1.165) is 12.3 Å². The quantitative estimate of drug-likeness (QED) is 0.764. The number of carbonyl (C=O) groups is 1. The van der Waals surface area contributed by atoms with Gasteiger partial charge in [-0.15, -0.1) is 0 Å². The Morgan fingerprint density at radius 1 is 1.53 bits per heavy atom. The third-order valence-corrected chi connectivity index (χ3v) is 3.88. The summed E-state index contributed by atoms with van der Waals surface area (Å²) in [5, 5.41) is 11.5. The zero-order valence-electron chi connectivity index (χ0n) is 9.20. The van der Waals surface area contributed by atoms with Crippen molar-refractivity contribution >= 4 is 5.91 Å². The summed E-state index contributed by atoms with van der Waals surface area (Å²) in [6.07, 6.45) is 4.89. The normalized spacial score (nSPS) is 34.8. The van der Waals surface area contributed by atoms with Gasteiger partial charge in [0, 0.05) is 12.5 Å². The van der Waals surface area contributed by atoms with Gasteiger partial charge in [0.1, 0.15) is 0 Å². The fraction of sp³-hybridized carbons (Fsp3) is 0.833. The molecular weight excluding hydrogens is 188 g/mol. The Hall–Kier alpha value is -1.04. The van der Waals surface area contributed by atoms with Crippen LogP contribution < -0.4 is 5.32 Å². The molecule has 2 bridgehead atoms. The van der Waals surface area contributed by atoms with Crippen LogP contribution in [0.15, 0.2) is 0 Å². The predicted octanol–water partition coefficient (Wildman–Crippen LogP) is 1.70. The minimum absolute atomic E-state index is 0.0764. The molecule has 15 heavy (non-hydrogen) atoms. The monoisotopic (exact) mass is 206 g/mol. The summed E-state index contributed by atoms with van der Waals surface area (Å²) in [6.45, 7) is 2.34. The van der Waals surface area contributed by atoms with Crippen LogP contribution in [-0.2, 0) is 4.79 Å². The molecule has 82 valence electrons. The summed E-state index contributed by atoms with van der Waals surface area (Å²) in [5.74, 6) is 1.79. The molecule has 0 saturated heterocycles. The maximum atomic E-state index is 11.8. The van der Waals surface area contributed by atoms with Gasteiger partial charge in [-0.1, -0.05) is 6.42 Å². The summed E-state index contributed by atoms with van der Waals surface area (Å²) >= 11 is 0. The van der Waals surface area contributed by atoms with Gasteiger partial charge in [-0.25, -0.2) is 0 Å². The van der Waals surface area contributed by atoms with E-state index >= 15 is 0 Å². The third-order valence-electron chi connectivity index (χ3n) is 3.88. The molecule has 3 heteroatoms. The fourth-order valence-electron chi connectivity index (χ4n) is 3.00. The van der Waals surface area contributed by atoms with Gasteiger partial charge in [0.05, 0.1) is 12.0 Å². The lowest BCUT2D eigenvalue weighted by Gasteiger charge is -2.20. The van der Waals surface area contributed by atoms with Gasteiger partial charge in [0.2, 0.25) is 5.91 Å². The first-order valence-corrected chi connectivity index (χ1v) is 5.88. The number of nitrogens with one attached hydrogen (secondary N) is 1. The number of carbonyl (C=O) groups excluding carboxylic acids is 1. The second-order valence-corrected chi connectivity index (χ2v) is 5.06. The highest BCUT2D eigenvalue weighted by Crippen LogP contribution is 2.48. The lowest BCUT2D eigenvalue weighted by molar-refractivity contribution is -0.126. The average molecular weight is 206 g/mol. The van der Waals surface area contributed by atoms with E-state index in [0.29, 0.717) is 12.5 Å². The Morgan fingerprint density at radius 3 is 2.87 bits per heavy atom. The van der Waals surface area contributed by atoms with Crippen molar-refractivity contribution in [1.29, 1.82) is 5.26 Å². The van der Waals surface area contributed by atoms with E-state index in [1.165, 1.54) is 19.3 Å². The number of amides is 1. The van der Waals surface area contributed by atoms with E-state index in [-0.39, 0.29) is 17.7 Å². The second kappa shape index (κ2) is 4.22. The van der Waals surface area contributed by atoms with Crippen molar-refractivity contribution < 1.29 is 4.79 Å². The molecule has 0 aromatic carbocycles. The number of nitrogens with zero attached hydrogens (tertiary/aromatic N) is 1. The van der Waals surface area contributed by atoms with Crippen molar-refractivity contribution in [3.05, 3.63) is 0 Å². The zero-order valence-corrected chi connectivity index (χ0v) is 9.20. The van der Waals surface area contributed by atoms with E-state index in [1.54, 1.807) is 0 Å². The SMILES string of the molecule is CC(C#N)CNC(=O)C1CC2CCC1C2. The number of fused-ring (bicyclic) bond motifs is 2. The first kappa shape index (κ1) is 10.5. The van der Waals surface area contributed by atoms with Gasteiger partial charge < -0.3 is 5.32 Å². The van der Waals surface area contributed by atoms with Gasteiger partial charge >= 0.3 is 0 Å². The molecule has 1 amide bonds. The molecule has 3 nitrogen and oxygen atoms in total. The lowest BCUT2D eigenvalue weighted by Crippen LogP contribution is -2.35. The van der Waals surface area contributed by atoms with Crippen LogP contribution >= 0.6 is 0 Å². The molecule has 1 N–H and O–H groups in total. The van der Waals surface area contributed by atoms with Crippen LogP contribution in [0.25, 0.3) is 0 Å². The number of hydrogen-bond donors (Lipinski definition) is 1. The zero-order chi connectivity index (χ0) is 10.8. The number of hydrogen-bond acceptors (Lipinski definition) is 2. The third kappa shape index (κ3) is 2.14. The molecule has 2 rings (SSSR count). The van der Waals surface area contributed by atoms with Gasteiger partial charge in [-0.2, -0.15) is 5.26 Å². The van der Waals surface area contributed by atoms with E-state index in [2.05, 4.69) is 11.4 Å². The lowest BCUT2D eigenvalue weighted by atomic mass is 9.88. The molecule has 4 unspecified atom stereocenters. The van der Waals surface area contributed by atoms with Crippen molar-refractivity contribution in [2.75, 3.05) is 6.54 Å². The van der Waals surface area contributed by atoms with Gasteiger partial charge in [0.15, 0.2) is 0 Å². The molecule has 2 aliphatic rings. The molecule has 0 spiro atoms. The minimum Gasteiger partial charge on any atom is -0.355 e. The minimum atomic E-state index is -0.0764. The Labute approximate surface area is 90.8 Å². The second-order valence-electron chi connectivity index (χ2n) is 5.06. The molecule has 4 atom stereocenters. The van der Waals surface area contributed by atoms with Gasteiger partial charge in [0.25, 0.3) is 0 Å². The molecule has 0 heterocycles. The summed E-state index contributed by atoms with van der Waals surface area (Å²) in [7, 11) is 0. The summed E-state index contributed by atoms with van der Waals surface area (Å²) in [4.78, 5) is 11.8. The molecule has 2 aliphatic carbocycles. The molecule has 0 aliphatic heterocycles. The first-order valence-electron chi connectivity index (χ1n) is 5.88. The molecule has 2 fully saturated rings. The van der Waals surface area contributed by atoms with Crippen LogP contribution in [0.1, 0.15) is 32.6 Å². The van der Waals surface area contributed by atoms with Gasteiger partial charge in [-0.05, 0) is 38.0 Å². The highest BCUT2D eigenvalue weighted by Gasteiger charge is 2.42. The number of nitriles is 1. The van der Waals surface area contributed by atoms with Crippen molar-refractivity contribution in [3.63, 3.8) is 0 Å². The standard InChI is InChI=1S/C12H18N2O/c1-8(6-13)7-14-12(15)11-5-9-2-3-10(11)4-9/h8-11H,2-5,7H2,1H3,(H,14,15). The summed E-state index contributed by atoms with van der Waals surface area (Å²) in [6, 6.07) is 2.13. The van der Waals surface area contributed by atoms with Crippen molar-refractivity contribution in [1.82, 2.24) is 5.32 Å². The van der Waals surface area contributed by atoms with Crippen LogP contribution in [-0.4, -0.2) is 12.5 Å². The number of rotatable bonds is 3. The maximum Gasteiger partial charge on any atom is 0.223 e. The Kier molecular flexibility index (Phi) is 2.95. The van der Waals surface area contributed by atoms with Crippen molar-refractivity contribution in [3.8, 4) is 6.07 Å². The van der Waals surface area contributed by atoms with Crippen molar-refractivity contribution in [2.45, 2.75) is 32.6 Å². The Balaban J connectivity index is 1.80. The van der Waals surface area contributed by atoms with E-state index in [1.807, 2.05) is 6.92 Å². The van der Waals surface area contributed by atoms with Crippen LogP contribution in [0, 0.1) is 35.0 Å². The molecular formula is C12H18N2O. The van der Waals surface area contributed by atoms with E-state index in [4.69, 9.17) is 5.26 Å². The summed E-state index contributed by atoms with van der Waals surface area (Å²) < 4.78 is 0. The Bertz CT molecular complexity index is 294. The molecule has 0 aromatic rings. The molecule has 0 aromatic heterocycles. The van der Waals surface area contributed by atoms with Crippen LogP contribution in [0.3, 0.4) is 0 Å². The molecule has 2 saturated carbocycles. The summed E-state index contributed by atoms with van der Waals surface area (Å²) in [5.41, 5.74) is 0. The predicted molar refractivity (Wildman–Crippen MR) is 56.7 cm³/mol. The van der Waals surface area contributed by atoms with Crippen LogP contribution in [0.5, 0.6) is 0 Å². The highest BCUT2D eigenvalue weighted by atomic mass is 16.1. The van der Waals surface area contributed by atoms with E-state index < -0.39 is 0 Å². The van der Waals surface area contributed by atoms with E-state index in [9.17, 15) is 4.79 Å².